The molecule has 4 nitrogen and oxygen atoms in total. The summed E-state index contributed by atoms with van der Waals surface area (Å²) in [7, 11) is 0. The Kier molecular flexibility index (Phi) is 1.89. The largest absolute Gasteiger partial charge is 0.504 e. The Hall–Kier alpha value is -1.52. The van der Waals surface area contributed by atoms with Crippen molar-refractivity contribution in [3.8, 4) is 11.5 Å². The van der Waals surface area contributed by atoms with Crippen LogP contribution in [0.2, 0.25) is 0 Å². The predicted molar refractivity (Wildman–Crippen MR) is 72.9 cm³/mol. The molecule has 5 atom stereocenters. The van der Waals surface area contributed by atoms with Crippen molar-refractivity contribution in [2.24, 2.45) is 5.92 Å². The maximum atomic E-state index is 10.4. The van der Waals surface area contributed by atoms with E-state index in [1.807, 2.05) is 12.1 Å². The van der Waals surface area contributed by atoms with Gasteiger partial charge in [0.2, 0.25) is 0 Å². The topological polar surface area (TPSA) is 61.7 Å². The van der Waals surface area contributed by atoms with Gasteiger partial charge in [-0.25, -0.2) is 0 Å². The van der Waals surface area contributed by atoms with Gasteiger partial charge in [-0.2, -0.15) is 0 Å². The zero-order valence-corrected chi connectivity index (χ0v) is 11.0. The molecule has 2 bridgehead atoms. The lowest BCUT2D eigenvalue weighted by Crippen LogP contribution is -2.64. The quantitative estimate of drug-likeness (QED) is 0.612. The van der Waals surface area contributed by atoms with Crippen LogP contribution in [0.3, 0.4) is 0 Å². The minimum absolute atomic E-state index is 0.161. The summed E-state index contributed by atoms with van der Waals surface area (Å²) in [5.74, 6) is 1.16. The van der Waals surface area contributed by atoms with Gasteiger partial charge >= 0.3 is 0 Å². The number of rotatable bonds is 0. The highest BCUT2D eigenvalue weighted by atomic mass is 16.5. The lowest BCUT2D eigenvalue weighted by Gasteiger charge is -2.53. The summed E-state index contributed by atoms with van der Waals surface area (Å²) in [4.78, 5) is 0. The van der Waals surface area contributed by atoms with E-state index in [9.17, 15) is 10.2 Å². The number of ether oxygens (including phenoxy) is 1. The molecule has 0 saturated carbocycles. The van der Waals surface area contributed by atoms with Crippen LogP contribution >= 0.6 is 0 Å². The maximum absolute atomic E-state index is 10.4. The molecule has 2 aliphatic heterocycles. The minimum Gasteiger partial charge on any atom is -0.504 e. The molecule has 2 aliphatic carbocycles. The van der Waals surface area contributed by atoms with E-state index in [2.05, 4.69) is 11.4 Å². The fourth-order valence-corrected chi connectivity index (χ4v) is 4.98. The zero-order valence-electron chi connectivity index (χ0n) is 11.0. The first-order valence-corrected chi connectivity index (χ1v) is 7.33. The number of nitrogens with one attached hydrogen (secondary N) is 1. The first-order chi connectivity index (χ1) is 9.72. The summed E-state index contributed by atoms with van der Waals surface area (Å²) in [5, 5.41) is 24.1. The van der Waals surface area contributed by atoms with E-state index >= 15 is 0 Å². The van der Waals surface area contributed by atoms with Crippen LogP contribution in [-0.2, 0) is 11.8 Å². The molecule has 0 radical (unpaired) electrons. The Morgan fingerprint density at radius 1 is 1.30 bits per heavy atom. The molecule has 104 valence electrons. The van der Waals surface area contributed by atoms with Gasteiger partial charge in [-0.15, -0.1) is 0 Å². The molecular weight excluding hydrogens is 254 g/mol. The molecule has 1 fully saturated rings. The highest BCUT2D eigenvalue weighted by Gasteiger charge is 2.63. The Morgan fingerprint density at radius 2 is 2.20 bits per heavy atom. The number of phenols is 1. The molecule has 1 aromatic rings. The monoisotopic (exact) mass is 271 g/mol. The lowest BCUT2D eigenvalue weighted by molar-refractivity contribution is -0.0177. The highest BCUT2D eigenvalue weighted by Crippen LogP contribution is 2.61. The summed E-state index contributed by atoms with van der Waals surface area (Å²) in [6.07, 6.45) is 5.08. The summed E-state index contributed by atoms with van der Waals surface area (Å²) in [5.41, 5.74) is 2.26. The number of phenolic OH excluding ortho intramolecular Hbond substituents is 1. The van der Waals surface area contributed by atoms with E-state index in [1.165, 1.54) is 5.56 Å². The van der Waals surface area contributed by atoms with Crippen molar-refractivity contribution in [1.29, 1.82) is 0 Å². The number of hydrogen-bond donors (Lipinski definition) is 3. The van der Waals surface area contributed by atoms with Crippen molar-refractivity contribution < 1.29 is 14.9 Å². The first-order valence-electron chi connectivity index (χ1n) is 7.33. The Labute approximate surface area is 117 Å². The summed E-state index contributed by atoms with van der Waals surface area (Å²) < 4.78 is 6.04. The summed E-state index contributed by atoms with van der Waals surface area (Å²) in [6, 6.07) is 4.14. The number of aliphatic hydroxyl groups is 1. The van der Waals surface area contributed by atoms with E-state index in [1.54, 1.807) is 6.07 Å². The summed E-state index contributed by atoms with van der Waals surface area (Å²) >= 11 is 0. The van der Waals surface area contributed by atoms with Crippen LogP contribution in [-0.4, -0.2) is 35.0 Å². The van der Waals surface area contributed by atoms with Gasteiger partial charge in [0.25, 0.3) is 0 Å². The predicted octanol–water partition coefficient (Wildman–Crippen LogP) is 0.856. The van der Waals surface area contributed by atoms with Crippen molar-refractivity contribution in [2.45, 2.75) is 36.5 Å². The second-order valence-corrected chi connectivity index (χ2v) is 6.44. The van der Waals surface area contributed by atoms with Gasteiger partial charge in [0.05, 0.1) is 0 Å². The van der Waals surface area contributed by atoms with E-state index in [0.29, 0.717) is 17.7 Å². The van der Waals surface area contributed by atoms with E-state index in [4.69, 9.17) is 4.74 Å². The smallest absolute Gasteiger partial charge is 0.165 e. The van der Waals surface area contributed by atoms with E-state index < -0.39 is 6.10 Å². The molecular formula is C16H17NO3. The molecule has 20 heavy (non-hydrogen) atoms. The fraction of sp³-hybridized carbons (Fsp3) is 0.500. The molecule has 0 amide bonds. The third-order valence-corrected chi connectivity index (χ3v) is 5.68. The SMILES string of the molecule is Oc1ccc2c3c1O[C@H]1[C@@H](O)C=C[C@H]4[C@H](C2)NCC[C@@]341. The maximum Gasteiger partial charge on any atom is 0.165 e. The van der Waals surface area contributed by atoms with Crippen LogP contribution in [0.25, 0.3) is 0 Å². The van der Waals surface area contributed by atoms with Crippen LogP contribution in [0.4, 0.5) is 0 Å². The van der Waals surface area contributed by atoms with Gasteiger partial charge in [0, 0.05) is 22.9 Å². The number of piperidine rings is 1. The zero-order chi connectivity index (χ0) is 13.5. The molecule has 1 saturated heterocycles. The Bertz CT molecular complexity index is 641. The Morgan fingerprint density at radius 3 is 3.10 bits per heavy atom. The highest BCUT2D eigenvalue weighted by molar-refractivity contribution is 5.61. The van der Waals surface area contributed by atoms with Crippen molar-refractivity contribution in [3.05, 3.63) is 35.4 Å². The minimum atomic E-state index is -0.595. The van der Waals surface area contributed by atoms with Gasteiger partial charge in [0.1, 0.15) is 12.2 Å². The second kappa shape index (κ2) is 3.38. The molecule has 2 heterocycles. The van der Waals surface area contributed by atoms with Gasteiger partial charge in [-0.3, -0.25) is 0 Å². The van der Waals surface area contributed by atoms with Crippen LogP contribution in [0, 0.1) is 5.92 Å². The second-order valence-electron chi connectivity index (χ2n) is 6.44. The molecule has 4 aliphatic rings. The third-order valence-electron chi connectivity index (χ3n) is 5.68. The Balaban J connectivity index is 1.86. The average molecular weight is 271 g/mol. The molecule has 1 spiro atoms. The number of aromatic hydroxyl groups is 1. The normalized spacial score (nSPS) is 43.0. The number of hydrogen-bond acceptors (Lipinski definition) is 4. The average Bonchev–Trinajstić information content (AvgIpc) is 2.78. The van der Waals surface area contributed by atoms with Gasteiger partial charge < -0.3 is 20.3 Å². The third kappa shape index (κ3) is 1.04. The van der Waals surface area contributed by atoms with Crippen LogP contribution < -0.4 is 10.1 Å². The van der Waals surface area contributed by atoms with E-state index in [0.717, 1.165) is 24.9 Å². The van der Waals surface area contributed by atoms with Gasteiger partial charge in [0.15, 0.2) is 11.5 Å². The van der Waals surface area contributed by atoms with Crippen LogP contribution in [0.1, 0.15) is 17.5 Å². The van der Waals surface area contributed by atoms with Crippen molar-refractivity contribution in [3.63, 3.8) is 0 Å². The van der Waals surface area contributed by atoms with Crippen LogP contribution in [0.5, 0.6) is 11.5 Å². The lowest BCUT2D eigenvalue weighted by atomic mass is 9.54. The van der Waals surface area contributed by atoms with Crippen molar-refractivity contribution in [2.75, 3.05) is 6.54 Å². The van der Waals surface area contributed by atoms with Crippen molar-refractivity contribution in [1.82, 2.24) is 5.32 Å². The number of aliphatic hydroxyl groups excluding tert-OH is 1. The molecule has 0 unspecified atom stereocenters. The molecule has 3 N–H and O–H groups in total. The standard InChI is InChI=1S/C16H17NO3/c18-11-3-1-8-7-10-9-2-4-12(19)15-16(9,5-6-17-10)13(8)14(11)20-15/h1-4,9-10,12,15,17-19H,5-7H2/t9-,10-,12-,15-,16-/m0/s1. The first kappa shape index (κ1) is 11.2. The fourth-order valence-electron chi connectivity index (χ4n) is 4.98. The van der Waals surface area contributed by atoms with Gasteiger partial charge in [-0.05, 0) is 31.0 Å². The molecule has 1 aromatic carbocycles. The van der Waals surface area contributed by atoms with Crippen molar-refractivity contribution >= 4 is 0 Å². The molecule has 4 heteroatoms. The number of benzene rings is 1. The molecule has 0 aromatic heterocycles. The summed E-state index contributed by atoms with van der Waals surface area (Å²) in [6.45, 7) is 0.941. The van der Waals surface area contributed by atoms with Crippen LogP contribution in [0.15, 0.2) is 24.3 Å². The van der Waals surface area contributed by atoms with Gasteiger partial charge in [-0.1, -0.05) is 18.2 Å². The molecule has 5 rings (SSSR count). The van der Waals surface area contributed by atoms with E-state index in [-0.39, 0.29) is 17.3 Å².